The van der Waals surface area contributed by atoms with Crippen LogP contribution in [0.3, 0.4) is 0 Å². The number of carbonyl (C=O) groups excluding carboxylic acids is 1. The van der Waals surface area contributed by atoms with Gasteiger partial charge in [-0.05, 0) is 41.5 Å². The maximum atomic E-state index is 13.0. The van der Waals surface area contributed by atoms with E-state index in [0.29, 0.717) is 6.42 Å². The highest BCUT2D eigenvalue weighted by Crippen LogP contribution is 2.31. The van der Waals surface area contributed by atoms with Gasteiger partial charge >= 0.3 is 0 Å². The second-order valence-electron chi connectivity index (χ2n) is 7.29. The van der Waals surface area contributed by atoms with E-state index in [0.717, 1.165) is 19.3 Å². The van der Waals surface area contributed by atoms with Gasteiger partial charge in [-0.3, -0.25) is 4.79 Å². The first-order chi connectivity index (χ1) is 13.3. The first-order valence-electron chi connectivity index (χ1n) is 9.78. The van der Waals surface area contributed by atoms with E-state index in [1.807, 2.05) is 36.4 Å². The standard InChI is InChI=1S/C25H25NO/c27-25(26-24-17-9-15-19-14-7-8-16-22(19)24)18-23(20-10-3-1-4-11-20)21-12-5-2-6-13-21/h1-8,10-14,16,23-24H,9,15,17-18H2,(H,26,27)/t24-/m1/s1. The van der Waals surface area contributed by atoms with Crippen LogP contribution < -0.4 is 5.32 Å². The van der Waals surface area contributed by atoms with Crippen LogP contribution >= 0.6 is 0 Å². The number of nitrogens with one attached hydrogen (secondary N) is 1. The molecule has 1 atom stereocenters. The third-order valence-corrected chi connectivity index (χ3v) is 5.50. The zero-order valence-electron chi connectivity index (χ0n) is 15.5. The van der Waals surface area contributed by atoms with Crippen LogP contribution in [-0.4, -0.2) is 5.91 Å². The summed E-state index contributed by atoms with van der Waals surface area (Å²) in [4.78, 5) is 13.0. The second-order valence-corrected chi connectivity index (χ2v) is 7.29. The molecule has 27 heavy (non-hydrogen) atoms. The fourth-order valence-electron chi connectivity index (χ4n) is 4.14. The molecular weight excluding hydrogens is 330 g/mol. The molecule has 1 amide bonds. The summed E-state index contributed by atoms with van der Waals surface area (Å²) in [6.07, 6.45) is 3.72. The fraction of sp³-hybridized carbons (Fsp3) is 0.240. The summed E-state index contributed by atoms with van der Waals surface area (Å²) in [6.45, 7) is 0. The van der Waals surface area contributed by atoms with Gasteiger partial charge in [0.1, 0.15) is 0 Å². The number of benzene rings is 3. The SMILES string of the molecule is O=C(CC(c1ccccc1)c1ccccc1)N[C@@H]1CCCc2ccccc21. The Morgan fingerprint density at radius 3 is 2.11 bits per heavy atom. The lowest BCUT2D eigenvalue weighted by Crippen LogP contribution is -2.32. The molecule has 0 unspecified atom stereocenters. The molecule has 0 saturated heterocycles. The van der Waals surface area contributed by atoms with Crippen molar-refractivity contribution in [2.45, 2.75) is 37.6 Å². The molecule has 1 aliphatic carbocycles. The van der Waals surface area contributed by atoms with Crippen LogP contribution in [0.15, 0.2) is 84.9 Å². The summed E-state index contributed by atoms with van der Waals surface area (Å²) in [5.74, 6) is 0.195. The lowest BCUT2D eigenvalue weighted by Gasteiger charge is -2.27. The molecular formula is C25H25NO. The second kappa shape index (κ2) is 8.22. The normalized spacial score (nSPS) is 16.0. The van der Waals surface area contributed by atoms with E-state index in [1.54, 1.807) is 0 Å². The molecule has 0 radical (unpaired) electrons. The van der Waals surface area contributed by atoms with Crippen molar-refractivity contribution in [1.29, 1.82) is 0 Å². The van der Waals surface area contributed by atoms with Gasteiger partial charge in [-0.2, -0.15) is 0 Å². The smallest absolute Gasteiger partial charge is 0.221 e. The molecule has 0 bridgehead atoms. The van der Waals surface area contributed by atoms with Crippen LogP contribution in [0.2, 0.25) is 0 Å². The van der Waals surface area contributed by atoms with E-state index in [-0.39, 0.29) is 17.9 Å². The maximum absolute atomic E-state index is 13.0. The van der Waals surface area contributed by atoms with Gasteiger partial charge in [0, 0.05) is 12.3 Å². The van der Waals surface area contributed by atoms with E-state index in [2.05, 4.69) is 53.8 Å². The van der Waals surface area contributed by atoms with Gasteiger partial charge in [-0.15, -0.1) is 0 Å². The lowest BCUT2D eigenvalue weighted by molar-refractivity contribution is -0.122. The third-order valence-electron chi connectivity index (χ3n) is 5.50. The van der Waals surface area contributed by atoms with E-state index < -0.39 is 0 Å². The van der Waals surface area contributed by atoms with Crippen molar-refractivity contribution in [3.63, 3.8) is 0 Å². The van der Waals surface area contributed by atoms with Gasteiger partial charge in [-0.1, -0.05) is 84.9 Å². The maximum Gasteiger partial charge on any atom is 0.221 e. The molecule has 0 aromatic heterocycles. The van der Waals surface area contributed by atoms with Crippen molar-refractivity contribution in [1.82, 2.24) is 5.32 Å². The van der Waals surface area contributed by atoms with Crippen LogP contribution in [0, 0.1) is 0 Å². The highest BCUT2D eigenvalue weighted by molar-refractivity contribution is 5.78. The minimum atomic E-state index is 0.0752. The number of aryl methyl sites for hydroxylation is 1. The third kappa shape index (κ3) is 4.11. The number of fused-ring (bicyclic) bond motifs is 1. The zero-order valence-corrected chi connectivity index (χ0v) is 15.5. The van der Waals surface area contributed by atoms with Crippen molar-refractivity contribution in [3.05, 3.63) is 107 Å². The van der Waals surface area contributed by atoms with E-state index in [9.17, 15) is 4.79 Å². The van der Waals surface area contributed by atoms with Crippen molar-refractivity contribution in [2.24, 2.45) is 0 Å². The van der Waals surface area contributed by atoms with Crippen LogP contribution in [0.4, 0.5) is 0 Å². The van der Waals surface area contributed by atoms with E-state index in [4.69, 9.17) is 0 Å². The Morgan fingerprint density at radius 1 is 0.852 bits per heavy atom. The molecule has 4 rings (SSSR count). The zero-order chi connectivity index (χ0) is 18.5. The summed E-state index contributed by atoms with van der Waals surface area (Å²) in [7, 11) is 0. The predicted octanol–water partition coefficient (Wildman–Crippen LogP) is 5.40. The Labute approximate surface area is 161 Å². The van der Waals surface area contributed by atoms with Crippen LogP contribution in [0.25, 0.3) is 0 Å². The van der Waals surface area contributed by atoms with Crippen LogP contribution in [0.1, 0.15) is 53.5 Å². The Bertz CT molecular complexity index is 849. The van der Waals surface area contributed by atoms with Gasteiger partial charge in [0.05, 0.1) is 6.04 Å². The molecule has 1 aliphatic rings. The molecule has 0 aliphatic heterocycles. The molecule has 3 aromatic carbocycles. The van der Waals surface area contributed by atoms with E-state index in [1.165, 1.54) is 22.3 Å². The van der Waals surface area contributed by atoms with Crippen molar-refractivity contribution < 1.29 is 4.79 Å². The number of rotatable bonds is 5. The summed E-state index contributed by atoms with van der Waals surface area (Å²) in [5.41, 5.74) is 5.02. The molecule has 136 valence electrons. The average Bonchev–Trinajstić information content (AvgIpc) is 2.73. The highest BCUT2D eigenvalue weighted by atomic mass is 16.1. The molecule has 0 spiro atoms. The van der Waals surface area contributed by atoms with Crippen LogP contribution in [0.5, 0.6) is 0 Å². The molecule has 2 heteroatoms. The topological polar surface area (TPSA) is 29.1 Å². The monoisotopic (exact) mass is 355 g/mol. The Balaban J connectivity index is 1.53. The van der Waals surface area contributed by atoms with Gasteiger partial charge < -0.3 is 5.32 Å². The molecule has 0 heterocycles. The first kappa shape index (κ1) is 17.5. The molecule has 1 N–H and O–H groups in total. The van der Waals surface area contributed by atoms with Gasteiger partial charge in [0.2, 0.25) is 5.91 Å². The molecule has 2 nitrogen and oxygen atoms in total. The number of hydrogen-bond acceptors (Lipinski definition) is 1. The van der Waals surface area contributed by atoms with Crippen molar-refractivity contribution >= 4 is 5.91 Å². The minimum Gasteiger partial charge on any atom is -0.349 e. The fourth-order valence-corrected chi connectivity index (χ4v) is 4.14. The lowest BCUT2D eigenvalue weighted by atomic mass is 9.86. The Kier molecular flexibility index (Phi) is 5.34. The summed E-state index contributed by atoms with van der Waals surface area (Å²) < 4.78 is 0. The quantitative estimate of drug-likeness (QED) is 0.652. The minimum absolute atomic E-state index is 0.0752. The van der Waals surface area contributed by atoms with E-state index >= 15 is 0 Å². The molecule has 3 aromatic rings. The summed E-state index contributed by atoms with van der Waals surface area (Å²) >= 11 is 0. The van der Waals surface area contributed by atoms with Gasteiger partial charge in [-0.25, -0.2) is 0 Å². The summed E-state index contributed by atoms with van der Waals surface area (Å²) in [6, 6.07) is 29.3. The molecule has 0 fully saturated rings. The van der Waals surface area contributed by atoms with Crippen molar-refractivity contribution in [3.8, 4) is 0 Å². The average molecular weight is 355 g/mol. The van der Waals surface area contributed by atoms with Gasteiger partial charge in [0.15, 0.2) is 0 Å². The van der Waals surface area contributed by atoms with Crippen LogP contribution in [-0.2, 0) is 11.2 Å². The van der Waals surface area contributed by atoms with Gasteiger partial charge in [0.25, 0.3) is 0 Å². The number of hydrogen-bond donors (Lipinski definition) is 1. The Hall–Kier alpha value is -2.87. The predicted molar refractivity (Wildman–Crippen MR) is 110 cm³/mol. The highest BCUT2D eigenvalue weighted by Gasteiger charge is 2.24. The number of carbonyl (C=O) groups is 1. The Morgan fingerprint density at radius 2 is 1.44 bits per heavy atom. The first-order valence-corrected chi connectivity index (χ1v) is 9.78. The largest absolute Gasteiger partial charge is 0.349 e. The van der Waals surface area contributed by atoms with Crippen molar-refractivity contribution in [2.75, 3.05) is 0 Å². The number of amides is 1. The molecule has 0 saturated carbocycles. The summed E-state index contributed by atoms with van der Waals surface area (Å²) in [5, 5.41) is 3.31.